The highest BCUT2D eigenvalue weighted by atomic mass is 16.5. The molecule has 3 unspecified atom stereocenters. The van der Waals surface area contributed by atoms with E-state index in [-0.39, 0.29) is 42.2 Å². The molecule has 3 atom stereocenters. The molecule has 2 rings (SSSR count). The van der Waals surface area contributed by atoms with Crippen LogP contribution in [0.2, 0.25) is 0 Å². The lowest BCUT2D eigenvalue weighted by Crippen LogP contribution is -2.32. The molecule has 0 fully saturated rings. The Bertz CT molecular complexity index is 892. The number of likely N-dealkylation sites (N-methyl/N-ethyl adjacent to an activating group) is 1. The van der Waals surface area contributed by atoms with Crippen molar-refractivity contribution in [3.63, 3.8) is 0 Å². The highest BCUT2D eigenvalue weighted by Gasteiger charge is 2.23. The fourth-order valence-electron chi connectivity index (χ4n) is 2.86. The summed E-state index contributed by atoms with van der Waals surface area (Å²) in [7, 11) is 3.23. The molecule has 1 aromatic carbocycles. The Labute approximate surface area is 180 Å². The summed E-state index contributed by atoms with van der Waals surface area (Å²) in [4.78, 5) is 37.8. The van der Waals surface area contributed by atoms with E-state index < -0.39 is 30.1 Å². The summed E-state index contributed by atoms with van der Waals surface area (Å²) in [5.74, 6) is -1.92. The fraction of sp³-hybridized carbons (Fsp3) is 0.409. The summed E-state index contributed by atoms with van der Waals surface area (Å²) in [6.45, 7) is 1.61. The van der Waals surface area contributed by atoms with Gasteiger partial charge >= 0.3 is 5.97 Å². The molecule has 1 aromatic rings. The second-order valence-corrected chi connectivity index (χ2v) is 7.51. The van der Waals surface area contributed by atoms with Crippen LogP contribution in [0.15, 0.2) is 30.4 Å². The van der Waals surface area contributed by atoms with Crippen LogP contribution in [0, 0.1) is 0 Å². The van der Waals surface area contributed by atoms with Gasteiger partial charge in [-0.05, 0) is 31.1 Å². The summed E-state index contributed by atoms with van der Waals surface area (Å²) < 4.78 is 5.37. The lowest BCUT2D eigenvalue weighted by Gasteiger charge is -2.17. The summed E-state index contributed by atoms with van der Waals surface area (Å²) in [6.07, 6.45) is 2.16. The number of carbonyl (C=O) groups is 3. The van der Waals surface area contributed by atoms with Crippen LogP contribution in [0.25, 0.3) is 6.08 Å². The van der Waals surface area contributed by atoms with Gasteiger partial charge in [0, 0.05) is 32.3 Å². The van der Waals surface area contributed by atoms with E-state index in [2.05, 4.69) is 5.32 Å². The highest BCUT2D eigenvalue weighted by Crippen LogP contribution is 2.29. The fourth-order valence-corrected chi connectivity index (χ4v) is 2.86. The summed E-state index contributed by atoms with van der Waals surface area (Å²) in [5, 5.41) is 33.4. The molecule has 9 nitrogen and oxygen atoms in total. The molecule has 0 radical (unpaired) electrons. The Balaban J connectivity index is 2.40. The van der Waals surface area contributed by atoms with E-state index >= 15 is 0 Å². The predicted octanol–water partition coefficient (Wildman–Crippen LogP) is 1.09. The van der Waals surface area contributed by atoms with Gasteiger partial charge in [0.1, 0.15) is 23.5 Å². The lowest BCUT2D eigenvalue weighted by molar-refractivity contribution is -0.128. The van der Waals surface area contributed by atoms with Crippen molar-refractivity contribution in [3.05, 3.63) is 41.5 Å². The maximum absolute atomic E-state index is 12.7. The third-order valence-corrected chi connectivity index (χ3v) is 4.68. The van der Waals surface area contributed by atoms with Gasteiger partial charge in [-0.1, -0.05) is 18.2 Å². The largest absolute Gasteiger partial charge is 0.507 e. The van der Waals surface area contributed by atoms with E-state index in [1.807, 2.05) is 0 Å². The number of aliphatic hydroxyl groups excluding tert-OH is 2. The Morgan fingerprint density at radius 1 is 1.16 bits per heavy atom. The van der Waals surface area contributed by atoms with Gasteiger partial charge in [-0.15, -0.1) is 0 Å². The normalized spacial score (nSPS) is 24.4. The van der Waals surface area contributed by atoms with Crippen LogP contribution >= 0.6 is 0 Å². The second kappa shape index (κ2) is 10.7. The van der Waals surface area contributed by atoms with Crippen molar-refractivity contribution in [2.45, 2.75) is 38.1 Å². The number of amides is 1. The molecule has 0 spiro atoms. The molecule has 1 aliphatic rings. The summed E-state index contributed by atoms with van der Waals surface area (Å²) >= 11 is 0. The smallest absolute Gasteiger partial charge is 0.342 e. The number of aromatic hydroxyl groups is 1. The Morgan fingerprint density at radius 2 is 1.84 bits per heavy atom. The number of cyclic esters (lactones) is 1. The minimum atomic E-state index is -1.58. The molecular formula is C22H28N2O7. The average Bonchev–Trinajstić information content (AvgIpc) is 2.69. The van der Waals surface area contributed by atoms with Crippen molar-refractivity contribution in [2.75, 3.05) is 26.0 Å². The number of ketones is 1. The number of hydrogen-bond acceptors (Lipinski definition) is 8. The summed E-state index contributed by atoms with van der Waals surface area (Å²) in [5.41, 5.74) is 0.620. The van der Waals surface area contributed by atoms with Crippen molar-refractivity contribution in [1.82, 2.24) is 4.90 Å². The van der Waals surface area contributed by atoms with Crippen molar-refractivity contribution in [2.24, 2.45) is 0 Å². The van der Waals surface area contributed by atoms with Gasteiger partial charge in [0.05, 0.1) is 12.6 Å². The number of fused-ring (bicyclic) bond motifs is 1. The molecular weight excluding hydrogens is 404 g/mol. The van der Waals surface area contributed by atoms with Crippen molar-refractivity contribution in [3.8, 4) is 5.75 Å². The number of esters is 1. The topological polar surface area (TPSA) is 136 Å². The molecule has 0 aromatic heterocycles. The lowest BCUT2D eigenvalue weighted by atomic mass is 10.0. The number of phenolic OH excluding ortho intramolecular Hbond substituents is 1. The molecule has 0 bridgehead atoms. The number of hydrogen-bond donors (Lipinski definition) is 4. The van der Waals surface area contributed by atoms with E-state index in [1.54, 1.807) is 27.1 Å². The van der Waals surface area contributed by atoms with E-state index in [9.17, 15) is 29.7 Å². The van der Waals surface area contributed by atoms with Crippen LogP contribution in [0.1, 0.15) is 35.7 Å². The van der Waals surface area contributed by atoms with Gasteiger partial charge in [-0.2, -0.15) is 0 Å². The number of rotatable bonds is 3. The zero-order valence-corrected chi connectivity index (χ0v) is 17.7. The van der Waals surface area contributed by atoms with Crippen molar-refractivity contribution < 1.29 is 34.4 Å². The molecule has 1 aliphatic heterocycles. The van der Waals surface area contributed by atoms with Gasteiger partial charge < -0.3 is 30.3 Å². The van der Waals surface area contributed by atoms with E-state index in [0.717, 1.165) is 6.08 Å². The number of nitrogens with zero attached hydrogens (tertiary/aromatic N) is 1. The molecule has 9 heteroatoms. The van der Waals surface area contributed by atoms with Crippen molar-refractivity contribution in [1.29, 1.82) is 0 Å². The number of phenols is 1. The number of aliphatic hydroxyl groups is 2. The van der Waals surface area contributed by atoms with Gasteiger partial charge in [0.25, 0.3) is 0 Å². The molecule has 31 heavy (non-hydrogen) atoms. The first-order valence-corrected chi connectivity index (χ1v) is 9.85. The Hall–Kier alpha value is -3.17. The zero-order chi connectivity index (χ0) is 23.1. The Kier molecular flexibility index (Phi) is 8.35. The quantitative estimate of drug-likeness (QED) is 0.521. The molecule has 4 N–H and O–H groups in total. The summed E-state index contributed by atoms with van der Waals surface area (Å²) in [6, 6.07) is 2.88. The van der Waals surface area contributed by atoms with E-state index in [0.29, 0.717) is 5.69 Å². The van der Waals surface area contributed by atoms with Crippen LogP contribution in [0.4, 0.5) is 5.69 Å². The van der Waals surface area contributed by atoms with Crippen LogP contribution in [-0.2, 0) is 14.3 Å². The van der Waals surface area contributed by atoms with Gasteiger partial charge in [-0.25, -0.2) is 4.79 Å². The minimum absolute atomic E-state index is 0.0181. The number of anilines is 1. The molecule has 1 amide bonds. The first kappa shape index (κ1) is 24.1. The second-order valence-electron chi connectivity index (χ2n) is 7.51. The van der Waals surface area contributed by atoms with Crippen LogP contribution < -0.4 is 5.32 Å². The Morgan fingerprint density at radius 3 is 2.52 bits per heavy atom. The van der Waals surface area contributed by atoms with Crippen LogP contribution in [0.5, 0.6) is 5.75 Å². The minimum Gasteiger partial charge on any atom is -0.507 e. The van der Waals surface area contributed by atoms with Gasteiger partial charge in [0.2, 0.25) is 5.91 Å². The third kappa shape index (κ3) is 6.66. The monoisotopic (exact) mass is 432 g/mol. The highest BCUT2D eigenvalue weighted by molar-refractivity contribution is 5.98. The first-order chi connectivity index (χ1) is 14.6. The molecule has 0 saturated heterocycles. The third-order valence-electron chi connectivity index (χ3n) is 4.68. The van der Waals surface area contributed by atoms with Crippen LogP contribution in [-0.4, -0.2) is 76.8 Å². The predicted molar refractivity (Wildman–Crippen MR) is 115 cm³/mol. The first-order valence-electron chi connectivity index (χ1n) is 9.85. The van der Waals surface area contributed by atoms with Gasteiger partial charge in [0.15, 0.2) is 5.78 Å². The number of benzene rings is 1. The average molecular weight is 432 g/mol. The van der Waals surface area contributed by atoms with Crippen molar-refractivity contribution >= 4 is 29.4 Å². The van der Waals surface area contributed by atoms with E-state index in [1.165, 1.54) is 29.2 Å². The maximum Gasteiger partial charge on any atom is 0.342 e. The zero-order valence-electron chi connectivity index (χ0n) is 17.7. The molecule has 168 valence electrons. The molecule has 0 saturated carbocycles. The standard InChI is InChI=1S/C22H28N2O7/c1-13-6-4-8-16(25)21(29)17(26)9-5-7-14-10-15(23-12-19(28)24(2)3)11-18(27)20(14)22(30)31-13/h4-5,7-8,10-11,13,17,21,23,26-27,29H,6,9,12H2,1-3H3/b7-5+,8-4-. The molecule has 0 aliphatic carbocycles. The van der Waals surface area contributed by atoms with Crippen LogP contribution in [0.3, 0.4) is 0 Å². The SMILES string of the molecule is CC1C/C=C\C(=O)C(O)C(O)C/C=C/c2cc(NCC(=O)N(C)C)cc(O)c2C(=O)O1. The number of nitrogens with one attached hydrogen (secondary N) is 1. The molecule has 1 heterocycles. The maximum atomic E-state index is 12.7. The number of ether oxygens (including phenoxy) is 1. The van der Waals surface area contributed by atoms with Gasteiger partial charge in [-0.3, -0.25) is 9.59 Å². The van der Waals surface area contributed by atoms with E-state index in [4.69, 9.17) is 4.74 Å². The number of carbonyl (C=O) groups excluding carboxylic acids is 3.